The van der Waals surface area contributed by atoms with Crippen LogP contribution in [-0.4, -0.2) is 67.2 Å². The molecule has 1 aliphatic rings. The average Bonchev–Trinajstić information content (AvgIpc) is 3.27. The van der Waals surface area contributed by atoms with Gasteiger partial charge in [0.1, 0.15) is 0 Å². The SMILES string of the molecule is CN=C(NCCCCN1CCN(Cc2ccccc2)CC1)NCc1cc(C(C)C)no1.I. The smallest absolute Gasteiger partial charge is 0.191 e. The summed E-state index contributed by atoms with van der Waals surface area (Å²) in [5, 5.41) is 10.8. The summed E-state index contributed by atoms with van der Waals surface area (Å²) < 4.78 is 5.37. The van der Waals surface area contributed by atoms with Gasteiger partial charge >= 0.3 is 0 Å². The minimum absolute atomic E-state index is 0. The lowest BCUT2D eigenvalue weighted by molar-refractivity contribution is 0.126. The highest BCUT2D eigenvalue weighted by atomic mass is 127. The van der Waals surface area contributed by atoms with E-state index in [0.29, 0.717) is 12.5 Å². The lowest BCUT2D eigenvalue weighted by atomic mass is 10.1. The minimum atomic E-state index is 0. The Kier molecular flexibility index (Phi) is 12.0. The van der Waals surface area contributed by atoms with Gasteiger partial charge < -0.3 is 20.1 Å². The van der Waals surface area contributed by atoms with Crippen LogP contribution < -0.4 is 10.6 Å². The van der Waals surface area contributed by atoms with Gasteiger partial charge in [-0.15, -0.1) is 24.0 Å². The zero-order chi connectivity index (χ0) is 21.9. The normalized spacial score (nSPS) is 15.6. The monoisotopic (exact) mass is 554 g/mol. The number of rotatable bonds is 10. The Labute approximate surface area is 210 Å². The van der Waals surface area contributed by atoms with Gasteiger partial charge in [-0.3, -0.25) is 9.89 Å². The molecule has 0 saturated carbocycles. The summed E-state index contributed by atoms with van der Waals surface area (Å²) >= 11 is 0. The molecule has 2 N–H and O–H groups in total. The predicted octanol–water partition coefficient (Wildman–Crippen LogP) is 3.68. The van der Waals surface area contributed by atoms with Crippen LogP contribution in [0.15, 0.2) is 45.9 Å². The summed E-state index contributed by atoms with van der Waals surface area (Å²) in [4.78, 5) is 9.44. The Morgan fingerprint density at radius 3 is 2.44 bits per heavy atom. The van der Waals surface area contributed by atoms with Gasteiger partial charge in [0.05, 0.1) is 12.2 Å². The van der Waals surface area contributed by atoms with Crippen molar-refractivity contribution in [2.75, 3.05) is 46.3 Å². The van der Waals surface area contributed by atoms with Crippen molar-refractivity contribution in [3.63, 3.8) is 0 Å². The van der Waals surface area contributed by atoms with Crippen LogP contribution >= 0.6 is 24.0 Å². The molecule has 1 fully saturated rings. The van der Waals surface area contributed by atoms with Crippen molar-refractivity contribution in [1.29, 1.82) is 0 Å². The fourth-order valence-electron chi connectivity index (χ4n) is 3.76. The average molecular weight is 555 g/mol. The van der Waals surface area contributed by atoms with Crippen LogP contribution in [0.5, 0.6) is 0 Å². The molecule has 0 aliphatic carbocycles. The molecule has 0 spiro atoms. The van der Waals surface area contributed by atoms with Crippen molar-refractivity contribution >= 4 is 29.9 Å². The molecular formula is C24H39IN6O. The number of hydrogen-bond donors (Lipinski definition) is 2. The van der Waals surface area contributed by atoms with Gasteiger partial charge in [0, 0.05) is 52.4 Å². The van der Waals surface area contributed by atoms with Crippen molar-refractivity contribution in [3.05, 3.63) is 53.4 Å². The highest BCUT2D eigenvalue weighted by Crippen LogP contribution is 2.13. The molecule has 178 valence electrons. The topological polar surface area (TPSA) is 68.9 Å². The molecule has 1 aromatic heterocycles. The molecule has 0 bridgehead atoms. The second kappa shape index (κ2) is 14.5. The highest BCUT2D eigenvalue weighted by molar-refractivity contribution is 14.0. The molecule has 0 unspecified atom stereocenters. The number of hydrogen-bond acceptors (Lipinski definition) is 5. The van der Waals surface area contributed by atoms with Gasteiger partial charge in [-0.1, -0.05) is 49.3 Å². The molecule has 32 heavy (non-hydrogen) atoms. The Hall–Kier alpha value is -1.65. The van der Waals surface area contributed by atoms with E-state index in [4.69, 9.17) is 4.52 Å². The van der Waals surface area contributed by atoms with Crippen molar-refractivity contribution in [1.82, 2.24) is 25.6 Å². The van der Waals surface area contributed by atoms with Gasteiger partial charge in [-0.2, -0.15) is 0 Å². The number of guanidine groups is 1. The number of nitrogens with one attached hydrogen (secondary N) is 2. The largest absolute Gasteiger partial charge is 0.359 e. The van der Waals surface area contributed by atoms with E-state index in [1.54, 1.807) is 7.05 Å². The third-order valence-corrected chi connectivity index (χ3v) is 5.73. The summed E-state index contributed by atoms with van der Waals surface area (Å²) in [6.45, 7) is 12.6. The van der Waals surface area contributed by atoms with Gasteiger partial charge in [0.15, 0.2) is 11.7 Å². The maximum atomic E-state index is 5.37. The second-order valence-electron chi connectivity index (χ2n) is 8.54. The summed E-state index contributed by atoms with van der Waals surface area (Å²) in [5.41, 5.74) is 2.40. The van der Waals surface area contributed by atoms with Gasteiger partial charge in [-0.05, 0) is 30.9 Å². The van der Waals surface area contributed by atoms with E-state index in [-0.39, 0.29) is 24.0 Å². The predicted molar refractivity (Wildman–Crippen MR) is 142 cm³/mol. The van der Waals surface area contributed by atoms with Gasteiger partial charge in [-0.25, -0.2) is 0 Å². The molecule has 0 radical (unpaired) electrons. The molecule has 1 aromatic carbocycles. The van der Waals surface area contributed by atoms with Crippen molar-refractivity contribution in [3.8, 4) is 0 Å². The minimum Gasteiger partial charge on any atom is -0.359 e. The fraction of sp³-hybridized carbons (Fsp3) is 0.583. The third-order valence-electron chi connectivity index (χ3n) is 5.73. The maximum absolute atomic E-state index is 5.37. The van der Waals surface area contributed by atoms with Crippen molar-refractivity contribution < 1.29 is 4.52 Å². The third kappa shape index (κ3) is 9.07. The lowest BCUT2D eigenvalue weighted by Gasteiger charge is -2.34. The lowest BCUT2D eigenvalue weighted by Crippen LogP contribution is -2.46. The number of nitrogens with zero attached hydrogens (tertiary/aromatic N) is 4. The molecule has 1 aliphatic heterocycles. The second-order valence-corrected chi connectivity index (χ2v) is 8.54. The van der Waals surface area contributed by atoms with Crippen LogP contribution in [0.2, 0.25) is 0 Å². The van der Waals surface area contributed by atoms with Crippen LogP contribution in [-0.2, 0) is 13.1 Å². The first kappa shape index (κ1) is 26.6. The van der Waals surface area contributed by atoms with Crippen LogP contribution in [0.25, 0.3) is 0 Å². The zero-order valence-electron chi connectivity index (χ0n) is 19.7. The summed E-state index contributed by atoms with van der Waals surface area (Å²) in [7, 11) is 1.80. The molecule has 2 heterocycles. The molecule has 2 aromatic rings. The Balaban J connectivity index is 0.00000363. The van der Waals surface area contributed by atoms with Gasteiger partial charge in [0.25, 0.3) is 0 Å². The van der Waals surface area contributed by atoms with Crippen LogP contribution in [0.4, 0.5) is 0 Å². The molecule has 0 amide bonds. The van der Waals surface area contributed by atoms with E-state index in [1.165, 1.54) is 31.6 Å². The van der Waals surface area contributed by atoms with E-state index < -0.39 is 0 Å². The Morgan fingerprint density at radius 2 is 1.78 bits per heavy atom. The van der Waals surface area contributed by atoms with Crippen molar-refractivity contribution in [2.24, 2.45) is 4.99 Å². The quantitative estimate of drug-likeness (QED) is 0.202. The van der Waals surface area contributed by atoms with E-state index in [1.807, 2.05) is 6.07 Å². The van der Waals surface area contributed by atoms with Crippen molar-refractivity contribution in [2.45, 2.75) is 45.7 Å². The highest BCUT2D eigenvalue weighted by Gasteiger charge is 2.16. The van der Waals surface area contributed by atoms with Crippen LogP contribution in [0.1, 0.15) is 49.6 Å². The van der Waals surface area contributed by atoms with Crippen LogP contribution in [0.3, 0.4) is 0 Å². The first-order chi connectivity index (χ1) is 15.1. The van der Waals surface area contributed by atoms with Crippen LogP contribution in [0, 0.1) is 0 Å². The number of benzene rings is 1. The maximum Gasteiger partial charge on any atom is 0.191 e. The molecule has 8 heteroatoms. The molecule has 1 saturated heterocycles. The fourth-order valence-corrected chi connectivity index (χ4v) is 3.76. The number of aromatic nitrogens is 1. The molecule has 0 atom stereocenters. The number of aliphatic imine (C=N–C) groups is 1. The van der Waals surface area contributed by atoms with Gasteiger partial charge in [0.2, 0.25) is 0 Å². The number of halogens is 1. The Morgan fingerprint density at radius 1 is 1.06 bits per heavy atom. The molecular weight excluding hydrogens is 515 g/mol. The summed E-state index contributed by atoms with van der Waals surface area (Å²) in [6.07, 6.45) is 2.33. The standard InChI is InChI=1S/C24H38N6O.HI/c1-20(2)23-17-22(31-28-23)18-27-24(25-3)26-11-7-8-12-29-13-15-30(16-14-29)19-21-9-5-4-6-10-21;/h4-6,9-10,17,20H,7-8,11-16,18-19H2,1-3H3,(H2,25,26,27);1H. The van der Waals surface area contributed by atoms with E-state index in [0.717, 1.165) is 50.0 Å². The van der Waals surface area contributed by atoms with E-state index in [2.05, 4.69) is 74.8 Å². The number of unbranched alkanes of at least 4 members (excludes halogenated alkanes) is 1. The summed E-state index contributed by atoms with van der Waals surface area (Å²) in [5.74, 6) is 2.01. The van der Waals surface area contributed by atoms with E-state index >= 15 is 0 Å². The zero-order valence-corrected chi connectivity index (χ0v) is 22.0. The molecule has 7 nitrogen and oxygen atoms in total. The Bertz CT molecular complexity index is 787. The van der Waals surface area contributed by atoms with E-state index in [9.17, 15) is 0 Å². The number of piperazine rings is 1. The molecule has 3 rings (SSSR count). The summed E-state index contributed by atoms with van der Waals surface area (Å²) in [6, 6.07) is 12.8. The first-order valence-corrected chi connectivity index (χ1v) is 11.5. The first-order valence-electron chi connectivity index (χ1n) is 11.5.